The number of hydrogen-bond acceptors (Lipinski definition) is 5. The van der Waals surface area contributed by atoms with E-state index >= 15 is 0 Å². The maximum absolute atomic E-state index is 13.1. The van der Waals surface area contributed by atoms with Crippen LogP contribution in [0.15, 0.2) is 27.8 Å². The van der Waals surface area contributed by atoms with Crippen molar-refractivity contribution in [2.45, 2.75) is 6.54 Å². The maximum Gasteiger partial charge on any atom is 0.332 e. The Labute approximate surface area is 171 Å². The van der Waals surface area contributed by atoms with E-state index in [0.717, 1.165) is 6.54 Å². The molecule has 0 fully saturated rings. The Morgan fingerprint density at radius 2 is 1.82 bits per heavy atom. The lowest BCUT2D eigenvalue weighted by Crippen LogP contribution is -2.39. The molecule has 3 rings (SSSR count). The monoisotopic (exact) mass is 424 g/mol. The average molecular weight is 425 g/mol. The summed E-state index contributed by atoms with van der Waals surface area (Å²) in [6.07, 6.45) is 0. The standard InChI is InChI=1S/C18H22Cl2N6O2/c1-23(2)8-7-21-17-22-15-14(24(17)3)16(27)26(18(28)25(15)4)10-11-5-6-12(19)13(20)9-11/h5-6,9H,7-8,10H2,1-4H3,(H,21,22). The summed E-state index contributed by atoms with van der Waals surface area (Å²) in [5.41, 5.74) is 0.561. The molecule has 0 aliphatic heterocycles. The third-order valence-corrected chi connectivity index (χ3v) is 5.27. The van der Waals surface area contributed by atoms with Crippen molar-refractivity contribution in [3.8, 4) is 0 Å². The molecule has 150 valence electrons. The first-order valence-corrected chi connectivity index (χ1v) is 9.45. The summed E-state index contributed by atoms with van der Waals surface area (Å²) in [6.45, 7) is 1.56. The Morgan fingerprint density at radius 1 is 1.11 bits per heavy atom. The fourth-order valence-electron chi connectivity index (χ4n) is 2.95. The Hall–Kier alpha value is -2.29. The Balaban J connectivity index is 2.07. The molecule has 0 amide bonds. The van der Waals surface area contributed by atoms with Crippen molar-refractivity contribution in [2.75, 3.05) is 32.5 Å². The van der Waals surface area contributed by atoms with E-state index in [1.807, 2.05) is 19.0 Å². The highest BCUT2D eigenvalue weighted by Gasteiger charge is 2.18. The first-order chi connectivity index (χ1) is 13.2. The molecule has 10 heteroatoms. The molecule has 0 spiro atoms. The van der Waals surface area contributed by atoms with Crippen LogP contribution >= 0.6 is 23.2 Å². The molecule has 0 radical (unpaired) electrons. The van der Waals surface area contributed by atoms with Crippen LogP contribution in [0.4, 0.5) is 5.95 Å². The molecule has 0 saturated heterocycles. The van der Waals surface area contributed by atoms with Crippen LogP contribution in [0.2, 0.25) is 10.0 Å². The number of anilines is 1. The van der Waals surface area contributed by atoms with Crippen LogP contribution in [0.1, 0.15) is 5.56 Å². The van der Waals surface area contributed by atoms with Gasteiger partial charge in [-0.2, -0.15) is 4.98 Å². The third-order valence-electron chi connectivity index (χ3n) is 4.53. The van der Waals surface area contributed by atoms with Crippen LogP contribution in [-0.2, 0) is 20.6 Å². The van der Waals surface area contributed by atoms with Crippen LogP contribution in [0.5, 0.6) is 0 Å². The van der Waals surface area contributed by atoms with Crippen LogP contribution in [0.25, 0.3) is 11.2 Å². The van der Waals surface area contributed by atoms with Gasteiger partial charge in [0.1, 0.15) is 0 Å². The average Bonchev–Trinajstić information content (AvgIpc) is 2.96. The lowest BCUT2D eigenvalue weighted by molar-refractivity contribution is 0.424. The van der Waals surface area contributed by atoms with Crippen molar-refractivity contribution >= 4 is 40.3 Å². The Kier molecular flexibility index (Phi) is 5.83. The molecule has 0 aliphatic carbocycles. The van der Waals surface area contributed by atoms with E-state index in [4.69, 9.17) is 23.2 Å². The molecule has 0 saturated carbocycles. The van der Waals surface area contributed by atoms with E-state index in [1.54, 1.807) is 36.9 Å². The van der Waals surface area contributed by atoms with E-state index in [-0.39, 0.29) is 6.54 Å². The second-order valence-electron chi connectivity index (χ2n) is 6.88. The zero-order valence-corrected chi connectivity index (χ0v) is 17.7. The van der Waals surface area contributed by atoms with E-state index in [9.17, 15) is 9.59 Å². The molecule has 0 bridgehead atoms. The van der Waals surface area contributed by atoms with Crippen LogP contribution in [-0.4, -0.2) is 50.8 Å². The van der Waals surface area contributed by atoms with E-state index < -0.39 is 11.2 Å². The summed E-state index contributed by atoms with van der Waals surface area (Å²) >= 11 is 12.0. The first kappa shape index (κ1) is 20.4. The lowest BCUT2D eigenvalue weighted by atomic mass is 10.2. The number of nitrogens with zero attached hydrogens (tertiary/aromatic N) is 5. The van der Waals surface area contributed by atoms with Gasteiger partial charge >= 0.3 is 5.69 Å². The van der Waals surface area contributed by atoms with Crippen molar-refractivity contribution in [3.05, 3.63) is 54.6 Å². The number of hydrogen-bond donors (Lipinski definition) is 1. The normalized spacial score (nSPS) is 11.5. The largest absolute Gasteiger partial charge is 0.354 e. The lowest BCUT2D eigenvalue weighted by Gasteiger charge is -2.11. The molecule has 2 heterocycles. The van der Waals surface area contributed by atoms with Crippen molar-refractivity contribution in [3.63, 3.8) is 0 Å². The predicted molar refractivity (Wildman–Crippen MR) is 113 cm³/mol. The number of halogens is 2. The van der Waals surface area contributed by atoms with Gasteiger partial charge in [-0.3, -0.25) is 13.9 Å². The van der Waals surface area contributed by atoms with E-state index in [1.165, 1.54) is 9.13 Å². The number of nitrogens with one attached hydrogen (secondary N) is 1. The van der Waals surface area contributed by atoms with E-state index in [2.05, 4.69) is 10.3 Å². The predicted octanol–water partition coefficient (Wildman–Crippen LogP) is 1.76. The van der Waals surface area contributed by atoms with Crippen molar-refractivity contribution in [1.29, 1.82) is 0 Å². The minimum Gasteiger partial charge on any atom is -0.354 e. The smallest absolute Gasteiger partial charge is 0.332 e. The number of aryl methyl sites for hydroxylation is 2. The SMILES string of the molecule is CN(C)CCNc1nc2c(c(=O)n(Cc3ccc(Cl)c(Cl)c3)c(=O)n2C)n1C. The Morgan fingerprint density at radius 3 is 2.46 bits per heavy atom. The number of rotatable bonds is 6. The van der Waals surface area contributed by atoms with Gasteiger partial charge in [-0.25, -0.2) is 4.79 Å². The van der Waals surface area contributed by atoms with Gasteiger partial charge in [-0.15, -0.1) is 0 Å². The summed E-state index contributed by atoms with van der Waals surface area (Å²) < 4.78 is 4.23. The number of likely N-dealkylation sites (N-methyl/N-ethyl adjacent to an activating group) is 1. The first-order valence-electron chi connectivity index (χ1n) is 8.69. The van der Waals surface area contributed by atoms with Gasteiger partial charge in [0.05, 0.1) is 16.6 Å². The summed E-state index contributed by atoms with van der Waals surface area (Å²) in [6, 6.07) is 5.03. The second-order valence-corrected chi connectivity index (χ2v) is 7.69. The molecular formula is C18H22Cl2N6O2. The van der Waals surface area contributed by atoms with Gasteiger partial charge in [-0.1, -0.05) is 29.3 Å². The van der Waals surface area contributed by atoms with Gasteiger partial charge in [0.25, 0.3) is 5.56 Å². The van der Waals surface area contributed by atoms with Gasteiger partial charge in [0.2, 0.25) is 5.95 Å². The molecule has 0 unspecified atom stereocenters. The summed E-state index contributed by atoms with van der Waals surface area (Å²) in [7, 11) is 7.30. The third kappa shape index (κ3) is 3.80. The fraction of sp³-hybridized carbons (Fsp3) is 0.389. The molecule has 3 aromatic rings. The highest BCUT2D eigenvalue weighted by atomic mass is 35.5. The quantitative estimate of drug-likeness (QED) is 0.652. The topological polar surface area (TPSA) is 77.1 Å². The van der Waals surface area contributed by atoms with Gasteiger partial charge in [-0.05, 0) is 31.8 Å². The molecule has 1 N–H and O–H groups in total. The maximum atomic E-state index is 13.1. The number of imidazole rings is 1. The van der Waals surface area contributed by atoms with Gasteiger partial charge in [0.15, 0.2) is 11.2 Å². The molecule has 0 atom stereocenters. The highest BCUT2D eigenvalue weighted by molar-refractivity contribution is 6.42. The summed E-state index contributed by atoms with van der Waals surface area (Å²) in [4.78, 5) is 32.3. The minimum atomic E-state index is -0.443. The molecule has 28 heavy (non-hydrogen) atoms. The van der Waals surface area contributed by atoms with Gasteiger partial charge in [0, 0.05) is 27.2 Å². The molecule has 1 aromatic carbocycles. The zero-order chi connectivity index (χ0) is 20.6. The molecule has 8 nitrogen and oxygen atoms in total. The van der Waals surface area contributed by atoms with Crippen LogP contribution in [0.3, 0.4) is 0 Å². The Bertz CT molecular complexity index is 1150. The van der Waals surface area contributed by atoms with Gasteiger partial charge < -0.3 is 14.8 Å². The highest BCUT2D eigenvalue weighted by Crippen LogP contribution is 2.22. The minimum absolute atomic E-state index is 0.0902. The van der Waals surface area contributed by atoms with Crippen molar-refractivity contribution in [2.24, 2.45) is 14.1 Å². The summed E-state index contributed by atoms with van der Waals surface area (Å²) in [5, 5.41) is 4.00. The molecular weight excluding hydrogens is 403 g/mol. The van der Waals surface area contributed by atoms with Crippen LogP contribution in [0, 0.1) is 0 Å². The van der Waals surface area contributed by atoms with E-state index in [0.29, 0.717) is 39.3 Å². The zero-order valence-electron chi connectivity index (χ0n) is 16.2. The number of aromatic nitrogens is 4. The van der Waals surface area contributed by atoms with Crippen molar-refractivity contribution in [1.82, 2.24) is 23.6 Å². The molecule has 0 aliphatic rings. The van der Waals surface area contributed by atoms with Crippen molar-refractivity contribution < 1.29 is 0 Å². The van der Waals surface area contributed by atoms with Crippen LogP contribution < -0.4 is 16.6 Å². The molecule has 2 aromatic heterocycles. The fourth-order valence-corrected chi connectivity index (χ4v) is 3.27. The number of fused-ring (bicyclic) bond motifs is 1. The number of benzene rings is 1. The second kappa shape index (κ2) is 7.98. The summed E-state index contributed by atoms with van der Waals surface area (Å²) in [5.74, 6) is 0.538.